The van der Waals surface area contributed by atoms with Gasteiger partial charge in [0.25, 0.3) is 0 Å². The fourth-order valence-corrected chi connectivity index (χ4v) is 2.55. The lowest BCUT2D eigenvalue weighted by molar-refractivity contribution is -0.183. The van der Waals surface area contributed by atoms with Gasteiger partial charge in [0.05, 0.1) is 25.4 Å². The number of halogens is 9. The quantitative estimate of drug-likeness (QED) is 0.345. The van der Waals surface area contributed by atoms with E-state index in [1.807, 2.05) is 0 Å². The maximum absolute atomic E-state index is 12.6. The summed E-state index contributed by atoms with van der Waals surface area (Å²) in [7, 11) is 1.89. The molecule has 0 spiro atoms. The molecule has 2 unspecified atom stereocenters. The van der Waals surface area contributed by atoms with Crippen molar-refractivity contribution in [1.29, 1.82) is 0 Å². The first-order chi connectivity index (χ1) is 11.6. The second-order valence-corrected chi connectivity index (χ2v) is 5.80. The van der Waals surface area contributed by atoms with Gasteiger partial charge in [0, 0.05) is 31.8 Å². The van der Waals surface area contributed by atoms with E-state index >= 15 is 0 Å². The summed E-state index contributed by atoms with van der Waals surface area (Å²) in [5.41, 5.74) is 0. The van der Waals surface area contributed by atoms with E-state index in [0.717, 1.165) is 20.3 Å². The van der Waals surface area contributed by atoms with E-state index < -0.39 is 55.7 Å². The predicted octanol–water partition coefficient (Wildman–Crippen LogP) is 6.03. The van der Waals surface area contributed by atoms with Crippen LogP contribution in [0.5, 0.6) is 0 Å². The fourth-order valence-electron chi connectivity index (χ4n) is 2.55. The molecule has 2 nitrogen and oxygen atoms in total. The number of hydrogen-bond acceptors (Lipinski definition) is 2. The van der Waals surface area contributed by atoms with Crippen LogP contribution >= 0.6 is 0 Å². The third-order valence-electron chi connectivity index (χ3n) is 3.66. The van der Waals surface area contributed by atoms with Gasteiger partial charge in [-0.3, -0.25) is 0 Å². The van der Waals surface area contributed by atoms with Crippen LogP contribution < -0.4 is 0 Å². The highest BCUT2D eigenvalue weighted by Crippen LogP contribution is 2.37. The van der Waals surface area contributed by atoms with Gasteiger partial charge in [0.1, 0.15) is 0 Å². The molecule has 0 amide bonds. The second-order valence-electron chi connectivity index (χ2n) is 5.80. The molecule has 0 aromatic carbocycles. The second kappa shape index (κ2) is 9.70. The maximum atomic E-state index is 12.6. The Morgan fingerprint density at radius 2 is 1.23 bits per heavy atom. The number of allylic oxidation sites excluding steroid dienone is 1. The zero-order chi connectivity index (χ0) is 20.8. The number of hydrogen-bond donors (Lipinski definition) is 0. The minimum Gasteiger partial charge on any atom is -0.501 e. The van der Waals surface area contributed by atoms with E-state index in [9.17, 15) is 39.5 Å². The average molecular weight is 404 g/mol. The molecular formula is C15H21F9O2. The first-order valence-electron chi connectivity index (χ1n) is 7.60. The highest BCUT2D eigenvalue weighted by atomic mass is 19.4. The van der Waals surface area contributed by atoms with Crippen LogP contribution in [0.3, 0.4) is 0 Å². The molecule has 0 fully saturated rings. The van der Waals surface area contributed by atoms with Crippen molar-refractivity contribution >= 4 is 0 Å². The summed E-state index contributed by atoms with van der Waals surface area (Å²) in [4.78, 5) is 0. The predicted molar refractivity (Wildman–Crippen MR) is 75.2 cm³/mol. The van der Waals surface area contributed by atoms with Crippen molar-refractivity contribution < 1.29 is 49.0 Å². The Morgan fingerprint density at radius 1 is 0.808 bits per heavy atom. The summed E-state index contributed by atoms with van der Waals surface area (Å²) in [5, 5.41) is 0. The summed E-state index contributed by atoms with van der Waals surface area (Å²) in [6.45, 7) is 1.40. The molecule has 0 aliphatic rings. The molecular weight excluding hydrogens is 383 g/mol. The summed E-state index contributed by atoms with van der Waals surface area (Å²) in [6.07, 6.45) is -20.3. The van der Waals surface area contributed by atoms with E-state index in [1.165, 1.54) is 6.92 Å². The Balaban J connectivity index is 5.68. The van der Waals surface area contributed by atoms with Crippen molar-refractivity contribution in [2.24, 2.45) is 11.8 Å². The molecule has 156 valence electrons. The van der Waals surface area contributed by atoms with Crippen molar-refractivity contribution in [3.63, 3.8) is 0 Å². The van der Waals surface area contributed by atoms with Crippen LogP contribution in [0.4, 0.5) is 39.5 Å². The topological polar surface area (TPSA) is 18.5 Å². The molecule has 0 saturated carbocycles. The number of ether oxygens (including phenoxy) is 2. The molecule has 11 heteroatoms. The van der Waals surface area contributed by atoms with Crippen LogP contribution in [0.2, 0.25) is 0 Å². The van der Waals surface area contributed by atoms with Crippen molar-refractivity contribution in [3.8, 4) is 0 Å². The van der Waals surface area contributed by atoms with Gasteiger partial charge in [0.2, 0.25) is 0 Å². The SMILES string of the molecule is CCC(CC(F)(F)F)/C(=C/C(OC)C(CC(F)(F)F)CC(F)(F)F)OC. The highest BCUT2D eigenvalue weighted by molar-refractivity contribution is 5.05. The molecule has 0 bridgehead atoms. The molecule has 0 aromatic rings. The van der Waals surface area contributed by atoms with Gasteiger partial charge in [-0.15, -0.1) is 0 Å². The lowest BCUT2D eigenvalue weighted by Gasteiger charge is -2.28. The van der Waals surface area contributed by atoms with E-state index in [2.05, 4.69) is 0 Å². The molecule has 0 saturated heterocycles. The molecule has 0 aliphatic carbocycles. The average Bonchev–Trinajstić information content (AvgIpc) is 2.41. The van der Waals surface area contributed by atoms with Gasteiger partial charge in [-0.25, -0.2) is 0 Å². The first-order valence-corrected chi connectivity index (χ1v) is 7.60. The third kappa shape index (κ3) is 10.8. The zero-order valence-electron chi connectivity index (χ0n) is 14.4. The third-order valence-corrected chi connectivity index (χ3v) is 3.66. The monoisotopic (exact) mass is 404 g/mol. The van der Waals surface area contributed by atoms with Gasteiger partial charge in [0.15, 0.2) is 0 Å². The van der Waals surface area contributed by atoms with Crippen LogP contribution in [-0.2, 0) is 9.47 Å². The van der Waals surface area contributed by atoms with E-state index in [1.54, 1.807) is 0 Å². The molecule has 0 heterocycles. The van der Waals surface area contributed by atoms with Crippen LogP contribution in [0, 0.1) is 11.8 Å². The van der Waals surface area contributed by atoms with Gasteiger partial charge in [-0.2, -0.15) is 39.5 Å². The zero-order valence-corrected chi connectivity index (χ0v) is 14.4. The van der Waals surface area contributed by atoms with Crippen LogP contribution in [0.1, 0.15) is 32.6 Å². The normalized spacial score (nSPS) is 16.7. The molecule has 0 rings (SSSR count). The van der Waals surface area contributed by atoms with Gasteiger partial charge < -0.3 is 9.47 Å². The Bertz CT molecular complexity index is 422. The van der Waals surface area contributed by atoms with Crippen molar-refractivity contribution in [2.45, 2.75) is 57.2 Å². The lowest BCUT2D eigenvalue weighted by atomic mass is 9.91. The number of methoxy groups -OCH3 is 2. The number of alkyl halides is 9. The maximum Gasteiger partial charge on any atom is 0.389 e. The smallest absolute Gasteiger partial charge is 0.389 e. The lowest BCUT2D eigenvalue weighted by Crippen LogP contribution is -2.31. The van der Waals surface area contributed by atoms with E-state index in [-0.39, 0.29) is 12.2 Å². The van der Waals surface area contributed by atoms with Crippen molar-refractivity contribution in [3.05, 3.63) is 11.8 Å². The fraction of sp³-hybridized carbons (Fsp3) is 0.867. The van der Waals surface area contributed by atoms with Gasteiger partial charge in [-0.05, 0) is 12.5 Å². The van der Waals surface area contributed by atoms with Crippen LogP contribution in [-0.4, -0.2) is 38.9 Å². The summed E-state index contributed by atoms with van der Waals surface area (Å²) in [5.74, 6) is -3.64. The molecule has 0 N–H and O–H groups in total. The largest absolute Gasteiger partial charge is 0.501 e. The van der Waals surface area contributed by atoms with Crippen LogP contribution in [0.15, 0.2) is 11.8 Å². The first kappa shape index (κ1) is 24.9. The molecule has 0 aromatic heterocycles. The highest BCUT2D eigenvalue weighted by Gasteiger charge is 2.42. The molecule has 2 atom stereocenters. The van der Waals surface area contributed by atoms with Gasteiger partial charge >= 0.3 is 18.5 Å². The standard InChI is InChI=1S/C15H21F9O2/c1-4-9(6-13(16,17)18)11(25-2)5-12(26-3)10(7-14(19,20)21)8-15(22,23)24/h5,9-10,12H,4,6-8H2,1-3H3/b11-5-. The minimum atomic E-state index is -4.90. The van der Waals surface area contributed by atoms with Crippen LogP contribution in [0.25, 0.3) is 0 Å². The summed E-state index contributed by atoms with van der Waals surface area (Å²) in [6, 6.07) is 0. The van der Waals surface area contributed by atoms with E-state index in [4.69, 9.17) is 9.47 Å². The Labute approximate surface area is 145 Å². The molecule has 0 radical (unpaired) electrons. The Morgan fingerprint density at radius 3 is 1.50 bits per heavy atom. The Hall–Kier alpha value is -1.13. The molecule has 26 heavy (non-hydrogen) atoms. The summed E-state index contributed by atoms with van der Waals surface area (Å²) < 4.78 is 123. The summed E-state index contributed by atoms with van der Waals surface area (Å²) >= 11 is 0. The van der Waals surface area contributed by atoms with E-state index in [0.29, 0.717) is 0 Å². The van der Waals surface area contributed by atoms with Crippen molar-refractivity contribution in [1.82, 2.24) is 0 Å². The Kier molecular flexibility index (Phi) is 9.28. The van der Waals surface area contributed by atoms with Gasteiger partial charge in [-0.1, -0.05) is 6.92 Å². The molecule has 0 aliphatic heterocycles. The van der Waals surface area contributed by atoms with Crippen molar-refractivity contribution in [2.75, 3.05) is 14.2 Å². The number of rotatable bonds is 9. The minimum absolute atomic E-state index is 0.0706.